The third-order valence-corrected chi connectivity index (χ3v) is 2.10. The molecule has 3 nitrogen and oxygen atoms in total. The molecule has 0 aliphatic heterocycles. The van der Waals surface area contributed by atoms with E-state index in [1.54, 1.807) is 24.3 Å². The van der Waals surface area contributed by atoms with Crippen LogP contribution in [0.1, 0.15) is 15.9 Å². The van der Waals surface area contributed by atoms with E-state index in [1.165, 1.54) is 0 Å². The highest BCUT2D eigenvalue weighted by molar-refractivity contribution is 7.65. The molecule has 0 aromatic heterocycles. The van der Waals surface area contributed by atoms with Crippen LogP contribution in [0.4, 0.5) is 0 Å². The van der Waals surface area contributed by atoms with Crippen molar-refractivity contribution >= 4 is 13.9 Å². The predicted molar refractivity (Wildman–Crippen MR) is 46.9 cm³/mol. The molecule has 0 spiro atoms. The molecular formula is C8H9O3P. The Morgan fingerprint density at radius 3 is 2.17 bits per heavy atom. The molecule has 0 fully saturated rings. The lowest BCUT2D eigenvalue weighted by Crippen LogP contribution is -1.95. The van der Waals surface area contributed by atoms with Crippen LogP contribution in [-0.4, -0.2) is 15.3 Å². The molecule has 1 aromatic rings. The van der Waals surface area contributed by atoms with Crippen molar-refractivity contribution in [3.63, 3.8) is 0 Å². The fraction of sp³-hybridized carbons (Fsp3) is 0.125. The molecule has 0 saturated carbocycles. The average molecular weight is 184 g/mol. The minimum absolute atomic E-state index is 0.344. The highest BCUT2D eigenvalue weighted by atomic mass is 31.2. The van der Waals surface area contributed by atoms with Gasteiger partial charge in [-0.1, -0.05) is 29.8 Å². The molecule has 0 heterocycles. The molecule has 0 saturated heterocycles. The van der Waals surface area contributed by atoms with E-state index in [9.17, 15) is 4.79 Å². The third kappa shape index (κ3) is 2.11. The van der Waals surface area contributed by atoms with Gasteiger partial charge in [0.2, 0.25) is 13.9 Å². The average Bonchev–Trinajstić information content (AvgIpc) is 2.04. The van der Waals surface area contributed by atoms with Crippen molar-refractivity contribution in [2.45, 2.75) is 6.92 Å². The van der Waals surface area contributed by atoms with Crippen molar-refractivity contribution in [3.8, 4) is 0 Å². The molecule has 0 amide bonds. The normalized spacial score (nSPS) is 10.3. The summed E-state index contributed by atoms with van der Waals surface area (Å²) in [5, 5.41) is 0. The number of benzene rings is 1. The van der Waals surface area contributed by atoms with E-state index >= 15 is 0 Å². The molecule has 0 unspecified atom stereocenters. The Labute approximate surface area is 71.6 Å². The van der Waals surface area contributed by atoms with Gasteiger partial charge in [0.25, 0.3) is 0 Å². The van der Waals surface area contributed by atoms with Crippen LogP contribution in [0.25, 0.3) is 0 Å². The summed E-state index contributed by atoms with van der Waals surface area (Å²) < 4.78 is 0. The van der Waals surface area contributed by atoms with E-state index in [0.29, 0.717) is 5.56 Å². The number of hydrogen-bond donors (Lipinski definition) is 2. The predicted octanol–water partition coefficient (Wildman–Crippen LogP) is 1.43. The summed E-state index contributed by atoms with van der Waals surface area (Å²) in [6.45, 7) is 1.90. The minimum atomic E-state index is -2.49. The van der Waals surface area contributed by atoms with E-state index in [-0.39, 0.29) is 0 Å². The fourth-order valence-electron chi connectivity index (χ4n) is 0.812. The van der Waals surface area contributed by atoms with Gasteiger partial charge in [-0.3, -0.25) is 4.79 Å². The molecule has 4 heteroatoms. The maximum atomic E-state index is 11.0. The molecule has 0 atom stereocenters. The molecule has 1 rings (SSSR count). The summed E-state index contributed by atoms with van der Waals surface area (Å²) in [4.78, 5) is 28.2. The van der Waals surface area contributed by atoms with Gasteiger partial charge >= 0.3 is 0 Å². The van der Waals surface area contributed by atoms with Crippen molar-refractivity contribution in [3.05, 3.63) is 35.4 Å². The van der Waals surface area contributed by atoms with Crippen molar-refractivity contribution in [2.24, 2.45) is 0 Å². The Bertz CT molecular complexity index is 279. The maximum absolute atomic E-state index is 11.0. The van der Waals surface area contributed by atoms with E-state index in [0.717, 1.165) is 5.56 Å². The highest BCUT2D eigenvalue weighted by Crippen LogP contribution is 2.28. The van der Waals surface area contributed by atoms with E-state index in [2.05, 4.69) is 0 Å². The summed E-state index contributed by atoms with van der Waals surface area (Å²) in [5.41, 5.74) is 0.772. The van der Waals surface area contributed by atoms with Crippen molar-refractivity contribution < 1.29 is 14.6 Å². The topological polar surface area (TPSA) is 57.5 Å². The number of carbonyl (C=O) groups is 1. The zero-order valence-corrected chi connectivity index (χ0v) is 7.45. The Kier molecular flexibility index (Phi) is 2.93. The van der Waals surface area contributed by atoms with Gasteiger partial charge in [0.1, 0.15) is 0 Å². The Morgan fingerprint density at radius 1 is 1.25 bits per heavy atom. The van der Waals surface area contributed by atoms with Crippen LogP contribution in [0.3, 0.4) is 0 Å². The monoisotopic (exact) mass is 184 g/mol. The van der Waals surface area contributed by atoms with Gasteiger partial charge in [0.15, 0.2) is 0 Å². The lowest BCUT2D eigenvalue weighted by Gasteiger charge is -2.00. The number of hydrogen-bond acceptors (Lipinski definition) is 3. The second-order valence-corrected chi connectivity index (χ2v) is 3.45. The zero-order valence-electron chi connectivity index (χ0n) is 6.56. The SMILES string of the molecule is Cc1ccc(C(=O)P(O)O)cc1. The van der Waals surface area contributed by atoms with Crippen molar-refractivity contribution in [2.75, 3.05) is 0 Å². The molecule has 1 aromatic carbocycles. The molecular weight excluding hydrogens is 175 g/mol. The summed E-state index contributed by atoms with van der Waals surface area (Å²) in [6.07, 6.45) is 0. The van der Waals surface area contributed by atoms with Gasteiger partial charge in [0, 0.05) is 5.56 Å². The minimum Gasteiger partial charge on any atom is -0.344 e. The lowest BCUT2D eigenvalue weighted by atomic mass is 10.2. The molecule has 64 valence electrons. The van der Waals surface area contributed by atoms with Gasteiger partial charge < -0.3 is 9.79 Å². The first-order valence-electron chi connectivity index (χ1n) is 3.40. The van der Waals surface area contributed by atoms with Gasteiger partial charge in [-0.05, 0) is 6.92 Å². The largest absolute Gasteiger partial charge is 0.344 e. The molecule has 0 radical (unpaired) electrons. The quantitative estimate of drug-likeness (QED) is 0.683. The van der Waals surface area contributed by atoms with Crippen LogP contribution >= 0.6 is 8.38 Å². The summed E-state index contributed by atoms with van der Waals surface area (Å²) in [7, 11) is -2.49. The molecule has 12 heavy (non-hydrogen) atoms. The summed E-state index contributed by atoms with van der Waals surface area (Å²) >= 11 is 0. The molecule has 0 bridgehead atoms. The Morgan fingerprint density at radius 2 is 1.75 bits per heavy atom. The van der Waals surface area contributed by atoms with Crippen molar-refractivity contribution in [1.82, 2.24) is 0 Å². The lowest BCUT2D eigenvalue weighted by molar-refractivity contribution is 0.106. The second-order valence-electron chi connectivity index (χ2n) is 2.46. The zero-order chi connectivity index (χ0) is 9.14. The first-order chi connectivity index (χ1) is 5.61. The number of carbonyl (C=O) groups excluding carboxylic acids is 1. The Balaban J connectivity index is 2.90. The van der Waals surface area contributed by atoms with Crippen LogP contribution in [0.15, 0.2) is 24.3 Å². The van der Waals surface area contributed by atoms with E-state index in [4.69, 9.17) is 9.79 Å². The van der Waals surface area contributed by atoms with Crippen LogP contribution in [-0.2, 0) is 0 Å². The van der Waals surface area contributed by atoms with E-state index in [1.807, 2.05) is 6.92 Å². The maximum Gasteiger partial charge on any atom is 0.243 e. The van der Waals surface area contributed by atoms with Gasteiger partial charge in [-0.25, -0.2) is 0 Å². The Hall–Kier alpha value is -0.760. The van der Waals surface area contributed by atoms with Gasteiger partial charge in [0.05, 0.1) is 0 Å². The molecule has 0 aliphatic rings. The third-order valence-electron chi connectivity index (χ3n) is 1.48. The van der Waals surface area contributed by atoms with Crippen LogP contribution in [0, 0.1) is 6.92 Å². The molecule has 0 aliphatic carbocycles. The number of aryl methyl sites for hydroxylation is 1. The van der Waals surface area contributed by atoms with Crippen LogP contribution < -0.4 is 0 Å². The fourth-order valence-corrected chi connectivity index (χ4v) is 1.19. The molecule has 2 N–H and O–H groups in total. The van der Waals surface area contributed by atoms with Gasteiger partial charge in [-0.15, -0.1) is 0 Å². The van der Waals surface area contributed by atoms with Crippen molar-refractivity contribution in [1.29, 1.82) is 0 Å². The smallest absolute Gasteiger partial charge is 0.243 e. The summed E-state index contributed by atoms with van der Waals surface area (Å²) in [5.74, 6) is 0. The first-order valence-corrected chi connectivity index (χ1v) is 4.65. The first kappa shape index (κ1) is 9.33. The standard InChI is InChI=1S/C8H9O3P/c1-6-2-4-7(5-3-6)8(9)12(10)11/h2-5,10-11H,1H3. The number of rotatable bonds is 2. The summed E-state index contributed by atoms with van der Waals surface area (Å²) in [6, 6.07) is 6.68. The van der Waals surface area contributed by atoms with Crippen LogP contribution in [0.2, 0.25) is 0 Å². The highest BCUT2D eigenvalue weighted by Gasteiger charge is 2.14. The van der Waals surface area contributed by atoms with Crippen LogP contribution in [0.5, 0.6) is 0 Å². The van der Waals surface area contributed by atoms with E-state index < -0.39 is 13.9 Å². The van der Waals surface area contributed by atoms with Gasteiger partial charge in [-0.2, -0.15) is 0 Å². The second kappa shape index (κ2) is 3.76.